The summed E-state index contributed by atoms with van der Waals surface area (Å²) in [5.41, 5.74) is 2.68. The maximum Gasteiger partial charge on any atom is 0.0511 e. The Labute approximate surface area is 137 Å². The number of benzene rings is 1. The minimum Gasteiger partial charge on any atom is -0.381 e. The van der Waals surface area contributed by atoms with Crippen molar-refractivity contribution in [3.05, 3.63) is 28.2 Å². The fourth-order valence-corrected chi connectivity index (χ4v) is 3.23. The molecule has 1 aliphatic rings. The second kappa shape index (κ2) is 8.76. The molecule has 1 saturated heterocycles. The monoisotopic (exact) mass is 354 g/mol. The largest absolute Gasteiger partial charge is 0.381 e. The van der Waals surface area contributed by atoms with E-state index in [9.17, 15) is 0 Å². The standard InChI is InChI=1S/C17H27BrN2O/c1-3-8-19-11-15-6-7-16(18)10-17(15)20(2)12-14-5-4-9-21-13-14/h6-7,10,14,19H,3-5,8-9,11-13H2,1-2H3. The number of halogens is 1. The average molecular weight is 355 g/mol. The first-order valence-electron chi connectivity index (χ1n) is 7.98. The lowest BCUT2D eigenvalue weighted by Crippen LogP contribution is -2.31. The Morgan fingerprint density at radius 2 is 2.29 bits per heavy atom. The SMILES string of the molecule is CCCNCc1ccc(Br)cc1N(C)CC1CCCOC1. The third-order valence-corrected chi connectivity index (χ3v) is 4.48. The zero-order valence-electron chi connectivity index (χ0n) is 13.2. The third-order valence-electron chi connectivity index (χ3n) is 3.99. The lowest BCUT2D eigenvalue weighted by Gasteiger charge is -2.30. The lowest BCUT2D eigenvalue weighted by atomic mass is 10.0. The van der Waals surface area contributed by atoms with Gasteiger partial charge in [0.15, 0.2) is 0 Å². The van der Waals surface area contributed by atoms with E-state index in [2.05, 4.69) is 58.3 Å². The van der Waals surface area contributed by atoms with Crippen molar-refractivity contribution in [2.75, 3.05) is 38.3 Å². The van der Waals surface area contributed by atoms with Gasteiger partial charge in [-0.15, -0.1) is 0 Å². The van der Waals surface area contributed by atoms with Crippen LogP contribution >= 0.6 is 15.9 Å². The number of anilines is 1. The van der Waals surface area contributed by atoms with Crippen LogP contribution in [0.1, 0.15) is 31.7 Å². The summed E-state index contributed by atoms with van der Waals surface area (Å²) < 4.78 is 6.75. The van der Waals surface area contributed by atoms with Crippen molar-refractivity contribution in [3.8, 4) is 0 Å². The van der Waals surface area contributed by atoms with Crippen LogP contribution in [0.25, 0.3) is 0 Å². The summed E-state index contributed by atoms with van der Waals surface area (Å²) >= 11 is 3.60. The smallest absolute Gasteiger partial charge is 0.0511 e. The molecule has 1 heterocycles. The van der Waals surface area contributed by atoms with Crippen LogP contribution in [0.2, 0.25) is 0 Å². The highest BCUT2D eigenvalue weighted by atomic mass is 79.9. The summed E-state index contributed by atoms with van der Waals surface area (Å²) in [7, 11) is 2.19. The second-order valence-corrected chi connectivity index (χ2v) is 6.83. The molecule has 1 aliphatic heterocycles. The molecular weight excluding hydrogens is 328 g/mol. The van der Waals surface area contributed by atoms with Crippen molar-refractivity contribution in [3.63, 3.8) is 0 Å². The number of ether oxygens (including phenoxy) is 1. The molecule has 0 radical (unpaired) electrons. The molecular formula is C17H27BrN2O. The third kappa shape index (κ3) is 5.28. The van der Waals surface area contributed by atoms with Gasteiger partial charge in [-0.05, 0) is 49.4 Å². The molecule has 1 N–H and O–H groups in total. The molecule has 2 rings (SSSR count). The second-order valence-electron chi connectivity index (χ2n) is 5.91. The Morgan fingerprint density at radius 3 is 3.00 bits per heavy atom. The maximum atomic E-state index is 5.60. The van der Waals surface area contributed by atoms with E-state index in [0.29, 0.717) is 5.92 Å². The number of nitrogens with one attached hydrogen (secondary N) is 1. The van der Waals surface area contributed by atoms with Gasteiger partial charge in [-0.2, -0.15) is 0 Å². The molecule has 0 amide bonds. The van der Waals surface area contributed by atoms with Crippen LogP contribution in [-0.4, -0.2) is 33.4 Å². The van der Waals surface area contributed by atoms with E-state index < -0.39 is 0 Å². The van der Waals surface area contributed by atoms with Gasteiger partial charge in [0.1, 0.15) is 0 Å². The van der Waals surface area contributed by atoms with Crippen molar-refractivity contribution in [1.82, 2.24) is 5.32 Å². The van der Waals surface area contributed by atoms with E-state index >= 15 is 0 Å². The van der Waals surface area contributed by atoms with Gasteiger partial charge < -0.3 is 15.0 Å². The minimum atomic E-state index is 0.652. The Bertz CT molecular complexity index is 433. The summed E-state index contributed by atoms with van der Waals surface area (Å²) in [4.78, 5) is 2.38. The van der Waals surface area contributed by atoms with Crippen LogP contribution in [0.15, 0.2) is 22.7 Å². The number of nitrogens with zero attached hydrogens (tertiary/aromatic N) is 1. The van der Waals surface area contributed by atoms with Gasteiger partial charge in [0.25, 0.3) is 0 Å². The fourth-order valence-electron chi connectivity index (χ4n) is 2.88. The summed E-state index contributed by atoms with van der Waals surface area (Å²) in [6.07, 6.45) is 3.64. The summed E-state index contributed by atoms with van der Waals surface area (Å²) in [5, 5.41) is 3.50. The minimum absolute atomic E-state index is 0.652. The van der Waals surface area contributed by atoms with E-state index in [0.717, 1.165) is 37.3 Å². The quantitative estimate of drug-likeness (QED) is 0.753. The van der Waals surface area contributed by atoms with Crippen LogP contribution in [0.3, 0.4) is 0 Å². The van der Waals surface area contributed by atoms with Crippen LogP contribution in [0.4, 0.5) is 5.69 Å². The Hall–Kier alpha value is -0.580. The maximum absolute atomic E-state index is 5.60. The van der Waals surface area contributed by atoms with E-state index in [1.807, 2.05) is 0 Å². The van der Waals surface area contributed by atoms with Gasteiger partial charge in [-0.25, -0.2) is 0 Å². The van der Waals surface area contributed by atoms with Gasteiger partial charge in [-0.3, -0.25) is 0 Å². The van der Waals surface area contributed by atoms with Crippen molar-refractivity contribution in [2.24, 2.45) is 5.92 Å². The van der Waals surface area contributed by atoms with Gasteiger partial charge in [0, 0.05) is 36.9 Å². The van der Waals surface area contributed by atoms with Crippen LogP contribution in [0.5, 0.6) is 0 Å². The zero-order chi connectivity index (χ0) is 15.1. The van der Waals surface area contributed by atoms with Crippen LogP contribution in [-0.2, 0) is 11.3 Å². The van der Waals surface area contributed by atoms with E-state index in [1.54, 1.807) is 0 Å². The molecule has 21 heavy (non-hydrogen) atoms. The molecule has 1 atom stereocenters. The number of hydrogen-bond acceptors (Lipinski definition) is 3. The molecule has 0 saturated carbocycles. The highest BCUT2D eigenvalue weighted by Crippen LogP contribution is 2.26. The molecule has 0 aliphatic carbocycles. The van der Waals surface area contributed by atoms with Gasteiger partial charge in [0.05, 0.1) is 6.61 Å². The molecule has 3 nitrogen and oxygen atoms in total. The molecule has 0 bridgehead atoms. The highest BCUT2D eigenvalue weighted by molar-refractivity contribution is 9.10. The molecule has 0 aromatic heterocycles. The first kappa shape index (κ1) is 16.8. The summed E-state index contributed by atoms with van der Waals surface area (Å²) in [6, 6.07) is 6.58. The molecule has 4 heteroatoms. The van der Waals surface area contributed by atoms with E-state index in [4.69, 9.17) is 4.74 Å². The normalized spacial score (nSPS) is 18.7. The Balaban J connectivity index is 2.02. The van der Waals surface area contributed by atoms with E-state index in [1.165, 1.54) is 30.5 Å². The predicted molar refractivity (Wildman–Crippen MR) is 93.0 cm³/mol. The van der Waals surface area contributed by atoms with Crippen molar-refractivity contribution in [2.45, 2.75) is 32.7 Å². The zero-order valence-corrected chi connectivity index (χ0v) is 14.8. The first-order chi connectivity index (χ1) is 10.2. The van der Waals surface area contributed by atoms with Crippen molar-refractivity contribution < 1.29 is 4.74 Å². The Kier molecular flexibility index (Phi) is 7.00. The predicted octanol–water partition coefficient (Wildman–Crippen LogP) is 3.81. The van der Waals surface area contributed by atoms with Gasteiger partial charge in [-0.1, -0.05) is 28.9 Å². The topological polar surface area (TPSA) is 24.5 Å². The molecule has 118 valence electrons. The van der Waals surface area contributed by atoms with Gasteiger partial charge >= 0.3 is 0 Å². The highest BCUT2D eigenvalue weighted by Gasteiger charge is 2.17. The summed E-state index contributed by atoms with van der Waals surface area (Å²) in [5.74, 6) is 0.652. The molecule has 1 aromatic carbocycles. The molecule has 1 unspecified atom stereocenters. The first-order valence-corrected chi connectivity index (χ1v) is 8.78. The number of rotatable bonds is 7. The van der Waals surface area contributed by atoms with Gasteiger partial charge in [0.2, 0.25) is 0 Å². The molecule has 0 spiro atoms. The number of hydrogen-bond donors (Lipinski definition) is 1. The lowest BCUT2D eigenvalue weighted by molar-refractivity contribution is 0.0576. The molecule has 1 fully saturated rings. The fraction of sp³-hybridized carbons (Fsp3) is 0.647. The van der Waals surface area contributed by atoms with E-state index in [-0.39, 0.29) is 0 Å². The average Bonchev–Trinajstić information content (AvgIpc) is 2.50. The van der Waals surface area contributed by atoms with Crippen LogP contribution < -0.4 is 10.2 Å². The van der Waals surface area contributed by atoms with Crippen LogP contribution in [0, 0.1) is 5.92 Å². The summed E-state index contributed by atoms with van der Waals surface area (Å²) in [6.45, 7) is 7.10. The van der Waals surface area contributed by atoms with Crippen molar-refractivity contribution in [1.29, 1.82) is 0 Å². The Morgan fingerprint density at radius 1 is 1.43 bits per heavy atom. The molecule has 1 aromatic rings. The van der Waals surface area contributed by atoms with Crippen molar-refractivity contribution >= 4 is 21.6 Å².